The van der Waals surface area contributed by atoms with Crippen molar-refractivity contribution in [2.45, 2.75) is 18.7 Å². The Bertz CT molecular complexity index is 1880. The molecule has 0 fully saturated rings. The molecule has 8 nitrogen and oxygen atoms in total. The lowest BCUT2D eigenvalue weighted by atomic mass is 9.87. The lowest BCUT2D eigenvalue weighted by Gasteiger charge is -2.28. The Kier molecular flexibility index (Phi) is 5.21. The van der Waals surface area contributed by atoms with E-state index in [9.17, 15) is 0 Å². The second kappa shape index (κ2) is 8.96. The maximum atomic E-state index is 6.87. The first-order valence-corrected chi connectivity index (χ1v) is 13.8. The molecule has 1 atom stereocenters. The van der Waals surface area contributed by atoms with Crippen LogP contribution >= 0.6 is 15.9 Å². The number of aromatic nitrogens is 5. The van der Waals surface area contributed by atoms with Crippen molar-refractivity contribution in [1.82, 2.24) is 24.5 Å². The van der Waals surface area contributed by atoms with Crippen LogP contribution in [-0.2, 0) is 18.7 Å². The molecule has 1 unspecified atom stereocenters. The van der Waals surface area contributed by atoms with Crippen LogP contribution in [0.15, 0.2) is 102 Å². The first kappa shape index (κ1) is 23.3. The third kappa shape index (κ3) is 3.61. The second-order valence-electron chi connectivity index (χ2n) is 9.90. The summed E-state index contributed by atoms with van der Waals surface area (Å²) in [6.45, 7) is 1.24. The summed E-state index contributed by atoms with van der Waals surface area (Å²) in [6.07, 6.45) is 0. The molecular formula is C31H22BrN5O3. The van der Waals surface area contributed by atoms with Gasteiger partial charge < -0.3 is 14.2 Å². The van der Waals surface area contributed by atoms with Gasteiger partial charge in [0, 0.05) is 15.6 Å². The summed E-state index contributed by atoms with van der Waals surface area (Å²) in [5.41, 5.74) is 5.48. The Labute approximate surface area is 237 Å². The third-order valence-electron chi connectivity index (χ3n) is 7.52. The Morgan fingerprint density at radius 1 is 0.850 bits per heavy atom. The zero-order valence-corrected chi connectivity index (χ0v) is 22.8. The predicted octanol–water partition coefficient (Wildman–Crippen LogP) is 6.17. The summed E-state index contributed by atoms with van der Waals surface area (Å²) in [4.78, 5) is 4.82. The quantitative estimate of drug-likeness (QED) is 0.238. The van der Waals surface area contributed by atoms with Crippen molar-refractivity contribution >= 4 is 27.0 Å². The van der Waals surface area contributed by atoms with Crippen molar-refractivity contribution in [1.29, 1.82) is 0 Å². The SMILES string of the molecule is Brc1ccc(C2(c3nnn(Cc4ccccc4)c3-c3ccc4c(c3)OCO4)Cn3c(nc4ccccc43)O2)cc1. The zero-order chi connectivity index (χ0) is 26.7. The predicted molar refractivity (Wildman–Crippen MR) is 152 cm³/mol. The molecule has 8 rings (SSSR count). The number of imidazole rings is 1. The maximum Gasteiger partial charge on any atom is 0.298 e. The van der Waals surface area contributed by atoms with E-state index in [1.165, 1.54) is 0 Å². The molecule has 4 aromatic carbocycles. The number of nitrogens with zero attached hydrogens (tertiary/aromatic N) is 5. The van der Waals surface area contributed by atoms with Gasteiger partial charge >= 0.3 is 0 Å². The number of halogens is 1. The lowest BCUT2D eigenvalue weighted by Crippen LogP contribution is -2.35. The average Bonchev–Trinajstić information content (AvgIpc) is 3.76. The Balaban J connectivity index is 1.35. The van der Waals surface area contributed by atoms with Crippen molar-refractivity contribution in [2.75, 3.05) is 6.79 Å². The fraction of sp³-hybridized carbons (Fsp3) is 0.129. The molecule has 40 heavy (non-hydrogen) atoms. The standard InChI is InChI=1S/C31H22BrN5O3/c32-23-13-11-22(12-14-23)31(18-36-25-9-5-4-8-24(25)33-30(36)40-31)29-28(21-10-15-26-27(16-21)39-19-38-26)37(35-34-29)17-20-6-2-1-3-7-20/h1-16H,17-19H2. The highest BCUT2D eigenvalue weighted by Gasteiger charge is 2.49. The van der Waals surface area contributed by atoms with Gasteiger partial charge in [0.15, 0.2) is 11.5 Å². The van der Waals surface area contributed by atoms with Gasteiger partial charge in [0.2, 0.25) is 12.4 Å². The molecule has 2 aliphatic heterocycles. The Hall–Kier alpha value is -4.63. The van der Waals surface area contributed by atoms with E-state index < -0.39 is 5.60 Å². The average molecular weight is 592 g/mol. The zero-order valence-electron chi connectivity index (χ0n) is 21.2. The highest BCUT2D eigenvalue weighted by Crippen LogP contribution is 2.47. The largest absolute Gasteiger partial charge is 0.454 e. The highest BCUT2D eigenvalue weighted by atomic mass is 79.9. The highest BCUT2D eigenvalue weighted by molar-refractivity contribution is 9.10. The van der Waals surface area contributed by atoms with Crippen molar-refractivity contribution < 1.29 is 14.2 Å². The fourth-order valence-corrected chi connectivity index (χ4v) is 5.87. The van der Waals surface area contributed by atoms with Crippen LogP contribution in [0.2, 0.25) is 0 Å². The topological polar surface area (TPSA) is 76.2 Å². The van der Waals surface area contributed by atoms with Crippen molar-refractivity contribution in [3.05, 3.63) is 118 Å². The van der Waals surface area contributed by atoms with Crippen LogP contribution in [0.1, 0.15) is 16.8 Å². The van der Waals surface area contributed by atoms with E-state index >= 15 is 0 Å². The number of rotatable bonds is 5. The van der Waals surface area contributed by atoms with Crippen molar-refractivity contribution in [3.8, 4) is 28.8 Å². The van der Waals surface area contributed by atoms with Crippen molar-refractivity contribution in [2.24, 2.45) is 0 Å². The van der Waals surface area contributed by atoms with Gasteiger partial charge in [0.05, 0.1) is 29.8 Å². The van der Waals surface area contributed by atoms with Crippen LogP contribution in [0, 0.1) is 0 Å². The van der Waals surface area contributed by atoms with E-state index in [2.05, 4.69) is 50.8 Å². The van der Waals surface area contributed by atoms with Gasteiger partial charge in [0.1, 0.15) is 5.69 Å². The minimum Gasteiger partial charge on any atom is -0.454 e. The van der Waals surface area contributed by atoms with Gasteiger partial charge in [-0.25, -0.2) is 4.68 Å². The molecule has 0 radical (unpaired) electrons. The third-order valence-corrected chi connectivity index (χ3v) is 8.04. The summed E-state index contributed by atoms with van der Waals surface area (Å²) in [6, 6.07) is 33.0. The van der Waals surface area contributed by atoms with E-state index in [4.69, 9.17) is 29.5 Å². The van der Waals surface area contributed by atoms with Gasteiger partial charge in [-0.1, -0.05) is 75.7 Å². The normalized spacial score (nSPS) is 17.2. The number of hydrogen-bond acceptors (Lipinski definition) is 6. The molecule has 0 saturated carbocycles. The Morgan fingerprint density at radius 3 is 2.52 bits per heavy atom. The molecular weight excluding hydrogens is 570 g/mol. The minimum absolute atomic E-state index is 0.202. The summed E-state index contributed by atoms with van der Waals surface area (Å²) < 4.78 is 23.3. The summed E-state index contributed by atoms with van der Waals surface area (Å²) in [7, 11) is 0. The second-order valence-corrected chi connectivity index (χ2v) is 10.8. The van der Waals surface area contributed by atoms with Crippen LogP contribution in [0.5, 0.6) is 17.5 Å². The monoisotopic (exact) mass is 591 g/mol. The maximum absolute atomic E-state index is 6.87. The van der Waals surface area contributed by atoms with Gasteiger partial charge in [-0.3, -0.25) is 4.57 Å². The van der Waals surface area contributed by atoms with Crippen LogP contribution in [0.25, 0.3) is 22.3 Å². The van der Waals surface area contributed by atoms with Gasteiger partial charge in [-0.2, -0.15) is 4.98 Å². The van der Waals surface area contributed by atoms with E-state index in [0.29, 0.717) is 30.5 Å². The van der Waals surface area contributed by atoms with Gasteiger partial charge in [0.25, 0.3) is 6.01 Å². The van der Waals surface area contributed by atoms with Crippen LogP contribution < -0.4 is 14.2 Å². The molecule has 0 aliphatic carbocycles. The number of hydrogen-bond donors (Lipinski definition) is 0. The van der Waals surface area contributed by atoms with Crippen LogP contribution in [-0.4, -0.2) is 31.3 Å². The molecule has 2 aromatic heterocycles. The molecule has 0 bridgehead atoms. The molecule has 4 heterocycles. The summed E-state index contributed by atoms with van der Waals surface area (Å²) in [5.74, 6) is 1.42. The van der Waals surface area contributed by atoms with E-state index in [0.717, 1.165) is 43.6 Å². The summed E-state index contributed by atoms with van der Waals surface area (Å²) >= 11 is 3.59. The smallest absolute Gasteiger partial charge is 0.298 e. The first-order chi connectivity index (χ1) is 19.7. The molecule has 9 heteroatoms. The molecule has 196 valence electrons. The van der Waals surface area contributed by atoms with Crippen LogP contribution in [0.4, 0.5) is 0 Å². The number of fused-ring (bicyclic) bond motifs is 4. The molecule has 0 spiro atoms. The van der Waals surface area contributed by atoms with Gasteiger partial charge in [-0.15, -0.1) is 5.10 Å². The fourth-order valence-electron chi connectivity index (χ4n) is 5.61. The van der Waals surface area contributed by atoms with Crippen LogP contribution in [0.3, 0.4) is 0 Å². The van der Waals surface area contributed by atoms with E-state index in [1.807, 2.05) is 71.4 Å². The molecule has 6 aromatic rings. The molecule has 2 aliphatic rings. The number of ether oxygens (including phenoxy) is 3. The molecule has 0 saturated heterocycles. The molecule has 0 amide bonds. The van der Waals surface area contributed by atoms with Gasteiger partial charge in [-0.05, 0) is 48.0 Å². The number of benzene rings is 4. The van der Waals surface area contributed by atoms with E-state index in [-0.39, 0.29) is 6.79 Å². The van der Waals surface area contributed by atoms with E-state index in [1.54, 1.807) is 0 Å². The summed E-state index contributed by atoms with van der Waals surface area (Å²) in [5, 5.41) is 9.54. The Morgan fingerprint density at radius 2 is 1.65 bits per heavy atom. The van der Waals surface area contributed by atoms with Crippen molar-refractivity contribution in [3.63, 3.8) is 0 Å². The minimum atomic E-state index is -0.965. The number of para-hydroxylation sites is 2. The lowest BCUT2D eigenvalue weighted by molar-refractivity contribution is 0.128. The molecule has 0 N–H and O–H groups in total. The first-order valence-electron chi connectivity index (χ1n) is 13.0.